The predicted octanol–water partition coefficient (Wildman–Crippen LogP) is 2.16. The lowest BCUT2D eigenvalue weighted by atomic mass is 9.96. The topological polar surface area (TPSA) is 61.3 Å². The molecule has 1 aliphatic heterocycles. The van der Waals surface area contributed by atoms with Gasteiger partial charge in [-0.1, -0.05) is 20.8 Å². The monoisotopic (exact) mass is 278 g/mol. The molecular formula is C15H26N4O. The maximum Gasteiger partial charge on any atom is 0.137 e. The molecule has 20 heavy (non-hydrogen) atoms. The average molecular weight is 278 g/mol. The van der Waals surface area contributed by atoms with Gasteiger partial charge < -0.3 is 15.3 Å². The molecule has 0 amide bonds. The van der Waals surface area contributed by atoms with Crippen LogP contribution >= 0.6 is 0 Å². The second kappa shape index (κ2) is 5.95. The van der Waals surface area contributed by atoms with Crippen molar-refractivity contribution in [3.05, 3.63) is 11.4 Å². The van der Waals surface area contributed by atoms with E-state index in [1.165, 1.54) is 0 Å². The highest BCUT2D eigenvalue weighted by Crippen LogP contribution is 2.29. The Labute approximate surface area is 121 Å². The van der Waals surface area contributed by atoms with Gasteiger partial charge in [0, 0.05) is 31.6 Å². The van der Waals surface area contributed by atoms with Crippen molar-refractivity contribution in [2.24, 2.45) is 5.92 Å². The zero-order valence-corrected chi connectivity index (χ0v) is 13.1. The molecule has 0 bridgehead atoms. The van der Waals surface area contributed by atoms with Gasteiger partial charge >= 0.3 is 0 Å². The predicted molar refractivity (Wildman–Crippen MR) is 82.4 cm³/mol. The van der Waals surface area contributed by atoms with E-state index in [0.29, 0.717) is 5.92 Å². The first-order chi connectivity index (χ1) is 9.43. The normalized spacial score (nSPS) is 23.2. The van der Waals surface area contributed by atoms with Crippen molar-refractivity contribution in [2.75, 3.05) is 30.4 Å². The van der Waals surface area contributed by atoms with Crippen LogP contribution in [0.2, 0.25) is 0 Å². The van der Waals surface area contributed by atoms with Crippen LogP contribution in [0.25, 0.3) is 0 Å². The highest BCUT2D eigenvalue weighted by Gasteiger charge is 2.27. The van der Waals surface area contributed by atoms with Crippen molar-refractivity contribution < 1.29 is 5.11 Å². The third-order valence-corrected chi connectivity index (χ3v) is 4.05. The summed E-state index contributed by atoms with van der Waals surface area (Å²) in [5, 5.41) is 13.0. The lowest BCUT2D eigenvalue weighted by Gasteiger charge is -2.36. The summed E-state index contributed by atoms with van der Waals surface area (Å²) in [4.78, 5) is 11.6. The van der Waals surface area contributed by atoms with Crippen molar-refractivity contribution >= 4 is 11.6 Å². The maximum absolute atomic E-state index is 9.88. The van der Waals surface area contributed by atoms with Crippen LogP contribution in [0.4, 0.5) is 11.6 Å². The third-order valence-electron chi connectivity index (χ3n) is 4.05. The van der Waals surface area contributed by atoms with Crippen molar-refractivity contribution in [3.8, 4) is 0 Å². The first-order valence-electron chi connectivity index (χ1n) is 7.43. The molecule has 0 aliphatic carbocycles. The molecule has 2 N–H and O–H groups in total. The first kappa shape index (κ1) is 15.0. The molecule has 0 aromatic carbocycles. The lowest BCUT2D eigenvalue weighted by molar-refractivity contribution is 0.0968. The molecule has 2 rings (SSSR count). The minimum Gasteiger partial charge on any atom is -0.393 e. The second-order valence-corrected chi connectivity index (χ2v) is 6.06. The molecule has 2 unspecified atom stereocenters. The van der Waals surface area contributed by atoms with Gasteiger partial charge in [0.15, 0.2) is 0 Å². The SMILES string of the molecule is CNc1nc(C(C)C)nc(N2CCC(O)C(C)C2)c1C. The van der Waals surface area contributed by atoms with Gasteiger partial charge in [-0.3, -0.25) is 0 Å². The van der Waals surface area contributed by atoms with Crippen LogP contribution in [0.3, 0.4) is 0 Å². The van der Waals surface area contributed by atoms with E-state index in [1.807, 2.05) is 7.05 Å². The number of hydrogen-bond donors (Lipinski definition) is 2. The molecule has 1 aromatic rings. The lowest BCUT2D eigenvalue weighted by Crippen LogP contribution is -2.42. The van der Waals surface area contributed by atoms with E-state index in [2.05, 4.69) is 42.9 Å². The number of aromatic nitrogens is 2. The van der Waals surface area contributed by atoms with Crippen LogP contribution in [0.1, 0.15) is 44.5 Å². The minimum atomic E-state index is -0.193. The number of hydrogen-bond acceptors (Lipinski definition) is 5. The zero-order chi connectivity index (χ0) is 14.9. The van der Waals surface area contributed by atoms with Crippen LogP contribution in [0.5, 0.6) is 0 Å². The summed E-state index contributed by atoms with van der Waals surface area (Å²) in [5.74, 6) is 3.35. The van der Waals surface area contributed by atoms with Crippen LogP contribution in [-0.4, -0.2) is 41.3 Å². The molecule has 2 atom stereocenters. The summed E-state index contributed by atoms with van der Waals surface area (Å²) >= 11 is 0. The molecule has 1 aromatic heterocycles. The smallest absolute Gasteiger partial charge is 0.137 e. The fourth-order valence-electron chi connectivity index (χ4n) is 2.66. The van der Waals surface area contributed by atoms with Gasteiger partial charge in [0.1, 0.15) is 17.5 Å². The summed E-state index contributed by atoms with van der Waals surface area (Å²) < 4.78 is 0. The summed E-state index contributed by atoms with van der Waals surface area (Å²) in [7, 11) is 1.89. The van der Waals surface area contributed by atoms with E-state index >= 15 is 0 Å². The maximum atomic E-state index is 9.88. The quantitative estimate of drug-likeness (QED) is 0.887. The minimum absolute atomic E-state index is 0.193. The van der Waals surface area contributed by atoms with E-state index in [1.54, 1.807) is 0 Å². The van der Waals surface area contributed by atoms with Gasteiger partial charge in [0.25, 0.3) is 0 Å². The van der Waals surface area contributed by atoms with E-state index in [0.717, 1.165) is 42.5 Å². The fourth-order valence-corrected chi connectivity index (χ4v) is 2.66. The van der Waals surface area contributed by atoms with Gasteiger partial charge in [0.05, 0.1) is 6.10 Å². The Hall–Kier alpha value is -1.36. The number of nitrogens with zero attached hydrogens (tertiary/aromatic N) is 3. The van der Waals surface area contributed by atoms with Crippen LogP contribution in [0.15, 0.2) is 0 Å². The summed E-state index contributed by atoms with van der Waals surface area (Å²) in [6, 6.07) is 0. The Morgan fingerprint density at radius 3 is 2.60 bits per heavy atom. The number of anilines is 2. The molecule has 1 saturated heterocycles. The molecule has 112 valence electrons. The first-order valence-corrected chi connectivity index (χ1v) is 7.43. The van der Waals surface area contributed by atoms with Crippen LogP contribution < -0.4 is 10.2 Å². The molecular weight excluding hydrogens is 252 g/mol. The van der Waals surface area contributed by atoms with Crippen molar-refractivity contribution in [1.29, 1.82) is 0 Å². The number of aliphatic hydroxyl groups excluding tert-OH is 1. The molecule has 1 aliphatic rings. The molecule has 1 fully saturated rings. The Balaban J connectivity index is 2.37. The second-order valence-electron chi connectivity index (χ2n) is 6.06. The fraction of sp³-hybridized carbons (Fsp3) is 0.733. The summed E-state index contributed by atoms with van der Waals surface area (Å²) in [6.45, 7) is 10.1. The Morgan fingerprint density at radius 1 is 1.35 bits per heavy atom. The van der Waals surface area contributed by atoms with Gasteiger partial charge in [-0.15, -0.1) is 0 Å². The van der Waals surface area contributed by atoms with E-state index in [4.69, 9.17) is 4.98 Å². The van der Waals surface area contributed by atoms with Crippen LogP contribution in [-0.2, 0) is 0 Å². The van der Waals surface area contributed by atoms with Gasteiger partial charge in [-0.25, -0.2) is 9.97 Å². The highest BCUT2D eigenvalue weighted by atomic mass is 16.3. The van der Waals surface area contributed by atoms with Crippen molar-refractivity contribution in [2.45, 2.75) is 46.1 Å². The van der Waals surface area contributed by atoms with E-state index < -0.39 is 0 Å². The Kier molecular flexibility index (Phi) is 4.48. The number of nitrogens with one attached hydrogen (secondary N) is 1. The number of piperidine rings is 1. The number of rotatable bonds is 3. The highest BCUT2D eigenvalue weighted by molar-refractivity contribution is 5.58. The van der Waals surface area contributed by atoms with E-state index in [-0.39, 0.29) is 12.0 Å². The van der Waals surface area contributed by atoms with Crippen molar-refractivity contribution in [3.63, 3.8) is 0 Å². The number of aliphatic hydroxyl groups is 1. The van der Waals surface area contributed by atoms with Crippen LogP contribution in [0, 0.1) is 12.8 Å². The largest absolute Gasteiger partial charge is 0.393 e. The standard InChI is InChI=1S/C15H26N4O/c1-9(2)13-17-14(16-5)11(4)15(18-13)19-7-6-12(20)10(3)8-19/h9-10,12,20H,6-8H2,1-5H3,(H,16,17,18). The summed E-state index contributed by atoms with van der Waals surface area (Å²) in [6.07, 6.45) is 0.609. The average Bonchev–Trinajstić information content (AvgIpc) is 2.42. The molecule has 0 spiro atoms. The zero-order valence-electron chi connectivity index (χ0n) is 13.1. The molecule has 0 saturated carbocycles. The van der Waals surface area contributed by atoms with Gasteiger partial charge in [0.2, 0.25) is 0 Å². The van der Waals surface area contributed by atoms with Gasteiger partial charge in [-0.2, -0.15) is 0 Å². The molecule has 2 heterocycles. The molecule has 0 radical (unpaired) electrons. The Morgan fingerprint density at radius 2 is 2.05 bits per heavy atom. The summed E-state index contributed by atoms with van der Waals surface area (Å²) in [5.41, 5.74) is 1.08. The molecule has 5 nitrogen and oxygen atoms in total. The van der Waals surface area contributed by atoms with E-state index in [9.17, 15) is 5.11 Å². The van der Waals surface area contributed by atoms with Crippen molar-refractivity contribution in [1.82, 2.24) is 9.97 Å². The van der Waals surface area contributed by atoms with Gasteiger partial charge in [-0.05, 0) is 19.3 Å². The third kappa shape index (κ3) is 2.87. The Bertz CT molecular complexity index is 475. The molecule has 5 heteroatoms.